The van der Waals surface area contributed by atoms with Gasteiger partial charge in [0.2, 0.25) is 5.91 Å². The van der Waals surface area contributed by atoms with Crippen LogP contribution >= 0.6 is 11.6 Å². The Balaban J connectivity index is 3.15. The first-order chi connectivity index (χ1) is 9.47. The number of imide groups is 1. The number of nitrogens with one attached hydrogen (secondary N) is 1. The van der Waals surface area contributed by atoms with E-state index in [0.717, 1.165) is 4.90 Å². The van der Waals surface area contributed by atoms with Gasteiger partial charge in [-0.25, -0.2) is 9.59 Å². The minimum atomic E-state index is -0.788. The van der Waals surface area contributed by atoms with Crippen molar-refractivity contribution in [3.63, 3.8) is 0 Å². The Hall–Kier alpha value is -1.56. The van der Waals surface area contributed by atoms with Crippen LogP contribution in [0, 0.1) is 0 Å². The predicted molar refractivity (Wildman–Crippen MR) is 74.1 cm³/mol. The van der Waals surface area contributed by atoms with Crippen LogP contribution in [0.4, 0.5) is 4.79 Å². The number of allylic oxidation sites excluding steroid dienone is 1. The van der Waals surface area contributed by atoms with E-state index in [9.17, 15) is 14.4 Å². The SMILES string of the molecule is CCCC(=O)N1C(=O)NC(C)=C(C(=O)OCC)C1CCl. The molecular weight excluding hydrogens is 284 g/mol. The van der Waals surface area contributed by atoms with Gasteiger partial charge in [0.1, 0.15) is 0 Å². The van der Waals surface area contributed by atoms with Crippen LogP contribution in [0.25, 0.3) is 0 Å². The van der Waals surface area contributed by atoms with E-state index in [0.29, 0.717) is 12.1 Å². The molecule has 3 amide bonds. The minimum Gasteiger partial charge on any atom is -0.463 e. The van der Waals surface area contributed by atoms with Gasteiger partial charge in [-0.1, -0.05) is 6.92 Å². The predicted octanol–water partition coefficient (Wildman–Crippen LogP) is 1.78. The van der Waals surface area contributed by atoms with Crippen LogP contribution in [-0.2, 0) is 14.3 Å². The van der Waals surface area contributed by atoms with E-state index >= 15 is 0 Å². The standard InChI is InChI=1S/C13H19ClN2O4/c1-4-6-10(17)16-9(7-14)11(12(18)20-5-2)8(3)15-13(16)19/h9H,4-7H2,1-3H3,(H,15,19). The number of urea groups is 1. The van der Waals surface area contributed by atoms with Crippen molar-refractivity contribution in [2.75, 3.05) is 12.5 Å². The summed E-state index contributed by atoms with van der Waals surface area (Å²) in [6.45, 7) is 5.32. The van der Waals surface area contributed by atoms with Gasteiger partial charge in [0.15, 0.2) is 0 Å². The van der Waals surface area contributed by atoms with E-state index in [1.807, 2.05) is 6.92 Å². The average Bonchev–Trinajstić information content (AvgIpc) is 2.37. The minimum absolute atomic E-state index is 0.0473. The van der Waals surface area contributed by atoms with Gasteiger partial charge >= 0.3 is 12.0 Å². The Labute approximate surface area is 123 Å². The second kappa shape index (κ2) is 7.28. The number of carbonyl (C=O) groups is 3. The normalized spacial score (nSPS) is 18.9. The summed E-state index contributed by atoms with van der Waals surface area (Å²) in [5, 5.41) is 2.51. The van der Waals surface area contributed by atoms with E-state index in [2.05, 4.69) is 5.32 Å². The van der Waals surface area contributed by atoms with Crippen LogP contribution in [0.1, 0.15) is 33.6 Å². The molecule has 0 bridgehead atoms. The Kier molecular flexibility index (Phi) is 6.01. The number of rotatable bonds is 5. The molecule has 0 aromatic rings. The number of hydrogen-bond acceptors (Lipinski definition) is 4. The Bertz CT molecular complexity index is 448. The molecule has 0 radical (unpaired) electrons. The van der Waals surface area contributed by atoms with E-state index in [1.54, 1.807) is 13.8 Å². The molecule has 0 fully saturated rings. The second-order valence-corrected chi connectivity index (χ2v) is 4.68. The molecule has 0 aliphatic carbocycles. The van der Waals surface area contributed by atoms with Crippen LogP contribution in [0.3, 0.4) is 0 Å². The maximum Gasteiger partial charge on any atom is 0.337 e. The third-order valence-corrected chi connectivity index (χ3v) is 3.23. The molecule has 1 aliphatic rings. The number of alkyl halides is 1. The summed E-state index contributed by atoms with van der Waals surface area (Å²) in [4.78, 5) is 37.0. The lowest BCUT2D eigenvalue weighted by Gasteiger charge is -2.35. The molecule has 1 rings (SSSR count). The summed E-state index contributed by atoms with van der Waals surface area (Å²) in [5.41, 5.74) is 0.602. The summed E-state index contributed by atoms with van der Waals surface area (Å²) in [6.07, 6.45) is 0.824. The fourth-order valence-electron chi connectivity index (χ4n) is 2.07. The van der Waals surface area contributed by atoms with Crippen molar-refractivity contribution < 1.29 is 19.1 Å². The fraction of sp³-hybridized carbons (Fsp3) is 0.615. The summed E-state index contributed by atoms with van der Waals surface area (Å²) in [7, 11) is 0. The largest absolute Gasteiger partial charge is 0.463 e. The lowest BCUT2D eigenvalue weighted by molar-refractivity contribution is -0.139. The molecule has 1 N–H and O–H groups in total. The quantitative estimate of drug-likeness (QED) is 0.620. The number of carbonyl (C=O) groups excluding carboxylic acids is 3. The summed E-state index contributed by atoms with van der Waals surface area (Å²) in [6, 6.07) is -1.34. The van der Waals surface area contributed by atoms with Crippen molar-refractivity contribution >= 4 is 29.5 Å². The number of amides is 3. The maximum atomic E-state index is 12.0. The van der Waals surface area contributed by atoms with Gasteiger partial charge in [0.05, 0.1) is 18.2 Å². The van der Waals surface area contributed by atoms with Crippen LogP contribution in [0.5, 0.6) is 0 Å². The topological polar surface area (TPSA) is 75.7 Å². The number of esters is 1. The van der Waals surface area contributed by atoms with Gasteiger partial charge in [0, 0.05) is 18.0 Å². The molecule has 1 atom stereocenters. The van der Waals surface area contributed by atoms with E-state index in [4.69, 9.17) is 16.3 Å². The molecule has 0 aromatic carbocycles. The van der Waals surface area contributed by atoms with Crippen molar-refractivity contribution in [1.82, 2.24) is 10.2 Å². The first-order valence-electron chi connectivity index (χ1n) is 6.54. The Morgan fingerprint density at radius 3 is 2.55 bits per heavy atom. The molecule has 0 saturated heterocycles. The molecular formula is C13H19ClN2O4. The van der Waals surface area contributed by atoms with Crippen LogP contribution in [0.15, 0.2) is 11.3 Å². The van der Waals surface area contributed by atoms with E-state index in [1.165, 1.54) is 0 Å². The lowest BCUT2D eigenvalue weighted by Crippen LogP contribution is -2.56. The number of ether oxygens (including phenoxy) is 1. The lowest BCUT2D eigenvalue weighted by atomic mass is 10.0. The van der Waals surface area contributed by atoms with Crippen LogP contribution in [0.2, 0.25) is 0 Å². The number of halogens is 1. The van der Waals surface area contributed by atoms with Gasteiger partial charge in [0.25, 0.3) is 0 Å². The smallest absolute Gasteiger partial charge is 0.337 e. The molecule has 6 nitrogen and oxygen atoms in total. The van der Waals surface area contributed by atoms with Crippen LogP contribution in [-0.4, -0.2) is 41.3 Å². The van der Waals surface area contributed by atoms with Crippen molar-refractivity contribution in [3.8, 4) is 0 Å². The van der Waals surface area contributed by atoms with Gasteiger partial charge in [-0.05, 0) is 20.3 Å². The zero-order valence-corrected chi connectivity index (χ0v) is 12.6. The first-order valence-corrected chi connectivity index (χ1v) is 7.08. The van der Waals surface area contributed by atoms with Crippen LogP contribution < -0.4 is 5.32 Å². The highest BCUT2D eigenvalue weighted by atomic mass is 35.5. The van der Waals surface area contributed by atoms with Crippen molar-refractivity contribution in [2.24, 2.45) is 0 Å². The van der Waals surface area contributed by atoms with E-state index < -0.39 is 18.0 Å². The summed E-state index contributed by atoms with van der Waals surface area (Å²) >= 11 is 5.87. The molecule has 20 heavy (non-hydrogen) atoms. The zero-order chi connectivity index (χ0) is 15.3. The maximum absolute atomic E-state index is 12.0. The second-order valence-electron chi connectivity index (χ2n) is 4.37. The van der Waals surface area contributed by atoms with Gasteiger partial charge in [-0.15, -0.1) is 11.6 Å². The molecule has 1 aliphatic heterocycles. The Morgan fingerprint density at radius 2 is 2.05 bits per heavy atom. The molecule has 0 saturated carbocycles. The molecule has 0 aromatic heterocycles. The molecule has 1 unspecified atom stereocenters. The summed E-state index contributed by atoms with van der Waals surface area (Å²) < 4.78 is 4.96. The van der Waals surface area contributed by atoms with Crippen molar-refractivity contribution in [1.29, 1.82) is 0 Å². The average molecular weight is 303 g/mol. The number of nitrogens with zero attached hydrogens (tertiary/aromatic N) is 1. The first kappa shape index (κ1) is 16.5. The Morgan fingerprint density at radius 1 is 1.40 bits per heavy atom. The highest BCUT2D eigenvalue weighted by Crippen LogP contribution is 2.23. The van der Waals surface area contributed by atoms with Gasteiger partial charge < -0.3 is 10.1 Å². The molecule has 0 spiro atoms. The number of hydrogen-bond donors (Lipinski definition) is 1. The molecule has 112 valence electrons. The van der Waals surface area contributed by atoms with Gasteiger partial charge in [-0.2, -0.15) is 0 Å². The molecule has 7 heteroatoms. The fourth-order valence-corrected chi connectivity index (χ4v) is 2.37. The van der Waals surface area contributed by atoms with E-state index in [-0.39, 0.29) is 30.4 Å². The summed E-state index contributed by atoms with van der Waals surface area (Å²) in [5.74, 6) is -0.969. The highest BCUT2D eigenvalue weighted by Gasteiger charge is 2.39. The monoisotopic (exact) mass is 302 g/mol. The van der Waals surface area contributed by atoms with Crippen molar-refractivity contribution in [3.05, 3.63) is 11.3 Å². The zero-order valence-electron chi connectivity index (χ0n) is 11.9. The van der Waals surface area contributed by atoms with Gasteiger partial charge in [-0.3, -0.25) is 9.69 Å². The third kappa shape index (κ3) is 3.30. The highest BCUT2D eigenvalue weighted by molar-refractivity contribution is 6.19. The third-order valence-electron chi connectivity index (χ3n) is 2.94. The van der Waals surface area contributed by atoms with Crippen molar-refractivity contribution in [2.45, 2.75) is 39.7 Å². The molecule has 1 heterocycles.